The molecule has 0 amide bonds. The Morgan fingerprint density at radius 1 is 0.848 bits per heavy atom. The van der Waals surface area contributed by atoms with Crippen molar-refractivity contribution in [3.63, 3.8) is 0 Å². The number of methoxy groups -OCH3 is 1. The third-order valence-corrected chi connectivity index (χ3v) is 4.85. The molecule has 0 saturated carbocycles. The zero-order valence-corrected chi connectivity index (χ0v) is 16.7. The van der Waals surface area contributed by atoms with Crippen LogP contribution in [-0.2, 0) is 14.4 Å². The molecule has 0 radical (unpaired) electrons. The molecule has 16 nitrogen and oxygen atoms in total. The van der Waals surface area contributed by atoms with E-state index in [9.17, 15) is 45.3 Å². The SMILES string of the molecule is COC(=O)[C@@H](C)ONC1c2cc([N+](=O)[O-])cc([N+](=O)[O-])c2-c2c1cc([N+](=O)[O-])cc2[N+](=O)[O-]. The van der Waals surface area contributed by atoms with Gasteiger partial charge in [-0.25, -0.2) is 4.79 Å². The normalized spacial score (nSPS) is 13.0. The number of carbonyl (C=O) groups excluding carboxylic acids is 1. The highest BCUT2D eigenvalue weighted by Gasteiger charge is 2.43. The number of carbonyl (C=O) groups is 1. The molecule has 0 unspecified atom stereocenters. The molecule has 1 aliphatic rings. The van der Waals surface area contributed by atoms with Gasteiger partial charge in [0.2, 0.25) is 0 Å². The number of nitrogens with one attached hydrogen (secondary N) is 1. The Bertz CT molecular complexity index is 1150. The van der Waals surface area contributed by atoms with E-state index < -0.39 is 60.6 Å². The number of hydrogen-bond acceptors (Lipinski definition) is 12. The molecule has 0 heterocycles. The van der Waals surface area contributed by atoms with Gasteiger partial charge in [0.25, 0.3) is 22.7 Å². The number of rotatable bonds is 8. The fourth-order valence-corrected chi connectivity index (χ4v) is 3.44. The number of fused-ring (bicyclic) bond motifs is 3. The first kappa shape index (κ1) is 23.1. The van der Waals surface area contributed by atoms with Crippen LogP contribution in [-0.4, -0.2) is 38.9 Å². The van der Waals surface area contributed by atoms with Crippen molar-refractivity contribution in [2.24, 2.45) is 0 Å². The summed E-state index contributed by atoms with van der Waals surface area (Å²) in [7, 11) is 1.09. The van der Waals surface area contributed by atoms with Crippen LogP contribution in [0.1, 0.15) is 24.1 Å². The molecule has 1 N–H and O–H groups in total. The minimum absolute atomic E-state index is 0.174. The third kappa shape index (κ3) is 4.02. The monoisotopic (exact) mass is 463 g/mol. The summed E-state index contributed by atoms with van der Waals surface area (Å²) in [6.07, 6.45) is -1.23. The topological polar surface area (TPSA) is 220 Å². The molecule has 1 aliphatic carbocycles. The van der Waals surface area contributed by atoms with Crippen LogP contribution in [0.25, 0.3) is 11.1 Å². The zero-order valence-electron chi connectivity index (χ0n) is 16.7. The Labute approximate surface area is 182 Å². The van der Waals surface area contributed by atoms with E-state index in [1.54, 1.807) is 0 Å². The first-order chi connectivity index (χ1) is 15.5. The van der Waals surface area contributed by atoms with Crippen LogP contribution in [0, 0.1) is 40.5 Å². The lowest BCUT2D eigenvalue weighted by Crippen LogP contribution is -2.31. The highest BCUT2D eigenvalue weighted by atomic mass is 16.7. The first-order valence-corrected chi connectivity index (χ1v) is 8.90. The summed E-state index contributed by atoms with van der Waals surface area (Å²) < 4.78 is 4.51. The van der Waals surface area contributed by atoms with Gasteiger partial charge in [0.05, 0.1) is 56.1 Å². The van der Waals surface area contributed by atoms with Crippen LogP contribution < -0.4 is 5.48 Å². The van der Waals surface area contributed by atoms with E-state index in [1.807, 2.05) is 0 Å². The average molecular weight is 463 g/mol. The largest absolute Gasteiger partial charge is 0.467 e. The summed E-state index contributed by atoms with van der Waals surface area (Å²) in [5.41, 5.74) is -1.67. The Kier molecular flexibility index (Phi) is 5.96. The Morgan fingerprint density at radius 2 is 1.27 bits per heavy atom. The van der Waals surface area contributed by atoms with E-state index in [4.69, 9.17) is 4.84 Å². The van der Waals surface area contributed by atoms with E-state index >= 15 is 0 Å². The lowest BCUT2D eigenvalue weighted by atomic mass is 10.0. The highest BCUT2D eigenvalue weighted by Crippen LogP contribution is 2.54. The number of ether oxygens (including phenoxy) is 1. The van der Waals surface area contributed by atoms with Gasteiger partial charge in [-0.15, -0.1) is 0 Å². The second kappa shape index (κ2) is 8.52. The molecule has 172 valence electrons. The maximum atomic E-state index is 11.7. The van der Waals surface area contributed by atoms with Gasteiger partial charge in [0, 0.05) is 12.1 Å². The average Bonchev–Trinajstić information content (AvgIpc) is 3.08. The number of hydroxylamine groups is 1. The lowest BCUT2D eigenvalue weighted by Gasteiger charge is -2.18. The van der Waals surface area contributed by atoms with E-state index in [-0.39, 0.29) is 22.3 Å². The quantitative estimate of drug-likeness (QED) is 0.339. The number of hydrogen-bond donors (Lipinski definition) is 1. The molecule has 0 bridgehead atoms. The van der Waals surface area contributed by atoms with Gasteiger partial charge in [-0.05, 0) is 18.1 Å². The van der Waals surface area contributed by atoms with Crippen molar-refractivity contribution in [2.45, 2.75) is 19.1 Å². The minimum Gasteiger partial charge on any atom is -0.467 e. The van der Waals surface area contributed by atoms with Crippen molar-refractivity contribution in [3.05, 3.63) is 75.8 Å². The number of benzene rings is 2. The molecule has 2 aromatic carbocycles. The van der Waals surface area contributed by atoms with Crippen molar-refractivity contribution in [3.8, 4) is 11.1 Å². The second-order valence-corrected chi connectivity index (χ2v) is 6.72. The fourth-order valence-electron chi connectivity index (χ4n) is 3.44. The number of non-ortho nitro benzene ring substituents is 2. The van der Waals surface area contributed by atoms with Crippen molar-refractivity contribution >= 4 is 28.7 Å². The summed E-state index contributed by atoms with van der Waals surface area (Å²) in [6, 6.07) is 1.77. The predicted molar refractivity (Wildman–Crippen MR) is 106 cm³/mol. The Morgan fingerprint density at radius 3 is 1.61 bits per heavy atom. The first-order valence-electron chi connectivity index (χ1n) is 8.90. The van der Waals surface area contributed by atoms with Crippen LogP contribution >= 0.6 is 0 Å². The molecule has 16 heteroatoms. The second-order valence-electron chi connectivity index (χ2n) is 6.72. The summed E-state index contributed by atoms with van der Waals surface area (Å²) >= 11 is 0. The summed E-state index contributed by atoms with van der Waals surface area (Å²) in [5, 5.41) is 46.1. The maximum absolute atomic E-state index is 11.7. The van der Waals surface area contributed by atoms with Gasteiger partial charge >= 0.3 is 5.97 Å². The number of nitro benzene ring substituents is 4. The van der Waals surface area contributed by atoms with Gasteiger partial charge in [-0.3, -0.25) is 45.3 Å². The molecule has 0 saturated heterocycles. The number of nitrogens with zero attached hydrogens (tertiary/aromatic N) is 4. The van der Waals surface area contributed by atoms with E-state index in [0.717, 1.165) is 19.2 Å². The molecule has 2 aromatic rings. The van der Waals surface area contributed by atoms with Crippen molar-refractivity contribution in [1.82, 2.24) is 5.48 Å². The summed E-state index contributed by atoms with van der Waals surface area (Å²) in [5.74, 6) is -0.823. The third-order valence-electron chi connectivity index (χ3n) is 4.85. The molecule has 1 atom stereocenters. The van der Waals surface area contributed by atoms with Gasteiger partial charge in [-0.2, -0.15) is 5.48 Å². The van der Waals surface area contributed by atoms with E-state index in [1.165, 1.54) is 6.92 Å². The number of esters is 1. The van der Waals surface area contributed by atoms with Crippen molar-refractivity contribution in [2.75, 3.05) is 7.11 Å². The van der Waals surface area contributed by atoms with Crippen molar-refractivity contribution < 1.29 is 34.1 Å². The highest BCUT2D eigenvalue weighted by molar-refractivity contribution is 5.92. The van der Waals surface area contributed by atoms with Crippen molar-refractivity contribution in [1.29, 1.82) is 0 Å². The van der Waals surface area contributed by atoms with Crippen LogP contribution in [0.15, 0.2) is 24.3 Å². The van der Waals surface area contributed by atoms with E-state index in [0.29, 0.717) is 12.1 Å². The smallest absolute Gasteiger partial charge is 0.336 e. The van der Waals surface area contributed by atoms with Gasteiger partial charge in [-0.1, -0.05) is 0 Å². The maximum Gasteiger partial charge on any atom is 0.336 e. The molecule has 0 aromatic heterocycles. The lowest BCUT2D eigenvalue weighted by molar-refractivity contribution is -0.395. The number of nitro groups is 4. The minimum atomic E-state index is -1.36. The van der Waals surface area contributed by atoms with Crippen LogP contribution in [0.5, 0.6) is 0 Å². The molecule has 33 heavy (non-hydrogen) atoms. The summed E-state index contributed by atoms with van der Waals surface area (Å²) in [6.45, 7) is 1.28. The Balaban J connectivity index is 2.34. The molecule has 0 fully saturated rings. The van der Waals surface area contributed by atoms with Gasteiger partial charge in [0.15, 0.2) is 6.10 Å². The molecule has 0 spiro atoms. The standard InChI is InChI=1S/C17H13N5O11/c1-7(17(23)32-2)33-18-16-10-3-8(19(24)25)5-12(21(28)29)14(10)15-11(16)4-9(20(26)27)6-13(15)22(30)31/h3-7,16,18H,1-2H3/t7-/m1/s1. The van der Waals surface area contributed by atoms with Gasteiger partial charge < -0.3 is 4.74 Å². The van der Waals surface area contributed by atoms with Crippen LogP contribution in [0.3, 0.4) is 0 Å². The zero-order chi connectivity index (χ0) is 24.6. The van der Waals surface area contributed by atoms with E-state index in [2.05, 4.69) is 10.2 Å². The molecule has 3 rings (SSSR count). The predicted octanol–water partition coefficient (Wildman–Crippen LogP) is 2.47. The fraction of sp³-hybridized carbons (Fsp3) is 0.235. The van der Waals surface area contributed by atoms with Crippen LogP contribution in [0.2, 0.25) is 0 Å². The molecule has 0 aliphatic heterocycles. The Hall–Kier alpha value is -4.57. The van der Waals surface area contributed by atoms with Crippen LogP contribution in [0.4, 0.5) is 22.7 Å². The molecular formula is C17H13N5O11. The molecular weight excluding hydrogens is 450 g/mol. The summed E-state index contributed by atoms with van der Waals surface area (Å²) in [4.78, 5) is 59.2. The van der Waals surface area contributed by atoms with Gasteiger partial charge in [0.1, 0.15) is 0 Å².